The lowest BCUT2D eigenvalue weighted by molar-refractivity contribution is -0.122. The standard InChI is InChI=1S/C21H18N2O5S/c1-13(21(24)22-11-14-8-9-17-18(10-14)28-12-27-17)23-16-6-2-4-15-5-3-7-19(20(15)16)29(23,25)26/h2-10,13H,11-12H2,1H3,(H,22,24)/t13-/m1/s1. The highest BCUT2D eigenvalue weighted by Gasteiger charge is 2.40. The minimum atomic E-state index is -3.80. The fourth-order valence-corrected chi connectivity index (χ4v) is 5.70. The molecule has 7 nitrogen and oxygen atoms in total. The lowest BCUT2D eigenvalue weighted by atomic mass is 10.1. The van der Waals surface area contributed by atoms with Crippen molar-refractivity contribution >= 4 is 32.4 Å². The molecular weight excluding hydrogens is 392 g/mol. The Labute approximate surface area is 167 Å². The number of rotatable bonds is 4. The predicted molar refractivity (Wildman–Crippen MR) is 107 cm³/mol. The van der Waals surface area contributed by atoms with E-state index in [9.17, 15) is 13.2 Å². The summed E-state index contributed by atoms with van der Waals surface area (Å²) in [5, 5.41) is 4.31. The first-order valence-corrected chi connectivity index (χ1v) is 10.6. The Bertz CT molecular complexity index is 1250. The number of anilines is 1. The molecule has 0 bridgehead atoms. The molecule has 1 amide bonds. The summed E-state index contributed by atoms with van der Waals surface area (Å²) >= 11 is 0. The molecule has 0 aliphatic carbocycles. The highest BCUT2D eigenvalue weighted by molar-refractivity contribution is 7.93. The minimum Gasteiger partial charge on any atom is -0.454 e. The molecule has 2 aliphatic heterocycles. The summed E-state index contributed by atoms with van der Waals surface area (Å²) < 4.78 is 38.1. The summed E-state index contributed by atoms with van der Waals surface area (Å²) in [7, 11) is -3.80. The molecule has 0 spiro atoms. The van der Waals surface area contributed by atoms with Crippen molar-refractivity contribution in [2.75, 3.05) is 11.1 Å². The largest absolute Gasteiger partial charge is 0.454 e. The summed E-state index contributed by atoms with van der Waals surface area (Å²) in [6, 6.07) is 15.1. The van der Waals surface area contributed by atoms with E-state index in [-0.39, 0.29) is 24.1 Å². The van der Waals surface area contributed by atoms with Crippen molar-refractivity contribution < 1.29 is 22.7 Å². The lowest BCUT2D eigenvalue weighted by Gasteiger charge is -2.25. The third-order valence-electron chi connectivity index (χ3n) is 5.25. The molecule has 0 aromatic heterocycles. The van der Waals surface area contributed by atoms with E-state index in [2.05, 4.69) is 5.32 Å². The molecule has 1 atom stereocenters. The van der Waals surface area contributed by atoms with Gasteiger partial charge in [-0.1, -0.05) is 30.3 Å². The minimum absolute atomic E-state index is 0.182. The van der Waals surface area contributed by atoms with Crippen LogP contribution < -0.4 is 19.1 Å². The second-order valence-corrected chi connectivity index (χ2v) is 8.80. The van der Waals surface area contributed by atoms with Crippen molar-refractivity contribution in [1.82, 2.24) is 5.32 Å². The van der Waals surface area contributed by atoms with E-state index in [0.29, 0.717) is 22.6 Å². The van der Waals surface area contributed by atoms with E-state index in [1.54, 1.807) is 43.3 Å². The molecule has 8 heteroatoms. The van der Waals surface area contributed by atoms with Crippen LogP contribution in [0.15, 0.2) is 59.5 Å². The summed E-state index contributed by atoms with van der Waals surface area (Å²) in [5.41, 5.74) is 1.37. The molecule has 0 radical (unpaired) electrons. The van der Waals surface area contributed by atoms with E-state index >= 15 is 0 Å². The van der Waals surface area contributed by atoms with Gasteiger partial charge >= 0.3 is 0 Å². The molecule has 0 fully saturated rings. The first-order valence-electron chi connectivity index (χ1n) is 9.19. The topological polar surface area (TPSA) is 84.9 Å². The van der Waals surface area contributed by atoms with Gasteiger partial charge in [0.05, 0.1) is 10.6 Å². The number of hydrogen-bond donors (Lipinski definition) is 1. The van der Waals surface area contributed by atoms with Crippen LogP contribution in [0.25, 0.3) is 10.8 Å². The highest BCUT2D eigenvalue weighted by atomic mass is 32.2. The van der Waals surface area contributed by atoms with Crippen molar-refractivity contribution in [2.24, 2.45) is 0 Å². The Morgan fingerprint density at radius 2 is 1.86 bits per heavy atom. The number of ether oxygens (including phenoxy) is 2. The number of nitrogens with one attached hydrogen (secondary N) is 1. The van der Waals surface area contributed by atoms with Gasteiger partial charge in [0.15, 0.2) is 11.5 Å². The smallest absolute Gasteiger partial charge is 0.265 e. The van der Waals surface area contributed by atoms with Crippen LogP contribution in [0.1, 0.15) is 12.5 Å². The molecule has 0 unspecified atom stereocenters. The number of amides is 1. The zero-order valence-corrected chi connectivity index (χ0v) is 16.4. The summed E-state index contributed by atoms with van der Waals surface area (Å²) in [6.45, 7) is 2.03. The fourth-order valence-electron chi connectivity index (χ4n) is 3.83. The number of carbonyl (C=O) groups is 1. The monoisotopic (exact) mass is 410 g/mol. The first-order chi connectivity index (χ1) is 14.0. The maximum absolute atomic E-state index is 13.1. The van der Waals surface area contributed by atoms with Crippen LogP contribution in [0.3, 0.4) is 0 Å². The van der Waals surface area contributed by atoms with Gasteiger partial charge in [0, 0.05) is 11.9 Å². The number of sulfonamides is 1. The number of carbonyl (C=O) groups excluding carboxylic acids is 1. The molecule has 0 saturated heterocycles. The third kappa shape index (κ3) is 2.71. The molecule has 29 heavy (non-hydrogen) atoms. The van der Waals surface area contributed by atoms with Crippen molar-refractivity contribution in [2.45, 2.75) is 24.4 Å². The van der Waals surface area contributed by atoms with Crippen LogP contribution in [0.4, 0.5) is 5.69 Å². The van der Waals surface area contributed by atoms with Crippen molar-refractivity contribution in [3.8, 4) is 11.5 Å². The molecular formula is C21H18N2O5S. The van der Waals surface area contributed by atoms with E-state index in [1.807, 2.05) is 18.2 Å². The maximum Gasteiger partial charge on any atom is 0.265 e. The second kappa shape index (κ2) is 6.38. The normalized spacial score (nSPS) is 16.8. The number of benzene rings is 3. The fraction of sp³-hybridized carbons (Fsp3) is 0.190. The van der Waals surface area contributed by atoms with Gasteiger partial charge in [0.2, 0.25) is 12.7 Å². The maximum atomic E-state index is 13.1. The molecule has 3 aromatic rings. The molecule has 2 aliphatic rings. The molecule has 1 N–H and O–H groups in total. The molecule has 148 valence electrons. The van der Waals surface area contributed by atoms with Gasteiger partial charge in [-0.05, 0) is 42.1 Å². The van der Waals surface area contributed by atoms with Crippen LogP contribution in [0, 0.1) is 0 Å². The van der Waals surface area contributed by atoms with Gasteiger partial charge in [-0.3, -0.25) is 9.10 Å². The quantitative estimate of drug-likeness (QED) is 0.715. The molecule has 3 aromatic carbocycles. The Balaban J connectivity index is 1.40. The van der Waals surface area contributed by atoms with Gasteiger partial charge in [0.1, 0.15) is 6.04 Å². The van der Waals surface area contributed by atoms with Crippen LogP contribution in [-0.4, -0.2) is 27.2 Å². The van der Waals surface area contributed by atoms with Crippen LogP contribution in [0.2, 0.25) is 0 Å². The van der Waals surface area contributed by atoms with Crippen molar-refractivity contribution in [1.29, 1.82) is 0 Å². The molecule has 0 saturated carbocycles. The van der Waals surface area contributed by atoms with Crippen LogP contribution >= 0.6 is 0 Å². The van der Waals surface area contributed by atoms with Crippen LogP contribution in [0.5, 0.6) is 11.5 Å². The highest BCUT2D eigenvalue weighted by Crippen LogP contribution is 2.43. The van der Waals surface area contributed by atoms with Crippen LogP contribution in [-0.2, 0) is 21.4 Å². The van der Waals surface area contributed by atoms with Crippen molar-refractivity contribution in [3.63, 3.8) is 0 Å². The van der Waals surface area contributed by atoms with Gasteiger partial charge < -0.3 is 14.8 Å². The zero-order chi connectivity index (χ0) is 20.2. The van der Waals surface area contributed by atoms with E-state index in [4.69, 9.17) is 9.47 Å². The predicted octanol–water partition coefficient (Wildman–Crippen LogP) is 2.78. The van der Waals surface area contributed by atoms with Crippen molar-refractivity contribution in [3.05, 3.63) is 60.2 Å². The van der Waals surface area contributed by atoms with Gasteiger partial charge in [-0.2, -0.15) is 0 Å². The lowest BCUT2D eigenvalue weighted by Crippen LogP contribution is -2.46. The van der Waals surface area contributed by atoms with E-state index < -0.39 is 16.1 Å². The zero-order valence-electron chi connectivity index (χ0n) is 15.6. The SMILES string of the molecule is C[C@H](C(=O)NCc1ccc2c(c1)OCO2)N1c2cccc3cccc(c23)S1(=O)=O. The van der Waals surface area contributed by atoms with Gasteiger partial charge in [-0.15, -0.1) is 0 Å². The summed E-state index contributed by atoms with van der Waals surface area (Å²) in [5.74, 6) is 0.924. The van der Waals surface area contributed by atoms with E-state index in [1.165, 1.54) is 4.31 Å². The second-order valence-electron chi connectivity index (χ2n) is 7.01. The number of hydrogen-bond acceptors (Lipinski definition) is 5. The molecule has 2 heterocycles. The van der Waals surface area contributed by atoms with Gasteiger partial charge in [-0.25, -0.2) is 8.42 Å². The van der Waals surface area contributed by atoms with E-state index in [0.717, 1.165) is 10.9 Å². The Kier molecular flexibility index (Phi) is 3.92. The Morgan fingerprint density at radius 3 is 2.69 bits per heavy atom. The van der Waals surface area contributed by atoms with Gasteiger partial charge in [0.25, 0.3) is 10.0 Å². The third-order valence-corrected chi connectivity index (χ3v) is 7.18. The Morgan fingerprint density at radius 1 is 1.10 bits per heavy atom. The number of fused-ring (bicyclic) bond motifs is 1. The average Bonchev–Trinajstić information content (AvgIpc) is 3.27. The molecule has 5 rings (SSSR count). The summed E-state index contributed by atoms with van der Waals surface area (Å²) in [4.78, 5) is 13.1. The Hall–Kier alpha value is -3.26. The first kappa shape index (κ1) is 17.8. The summed E-state index contributed by atoms with van der Waals surface area (Å²) in [6.07, 6.45) is 0. The number of nitrogens with zero attached hydrogens (tertiary/aromatic N) is 1. The average molecular weight is 410 g/mol.